The Balaban J connectivity index is 1.19. The predicted octanol–water partition coefficient (Wildman–Crippen LogP) is 7.14. The van der Waals surface area contributed by atoms with Crippen molar-refractivity contribution in [2.45, 2.75) is 0 Å². The van der Waals surface area contributed by atoms with E-state index in [0.717, 1.165) is 54.6 Å². The van der Waals surface area contributed by atoms with Gasteiger partial charge in [0.05, 0.1) is 0 Å². The molecule has 0 unspecified atom stereocenters. The van der Waals surface area contributed by atoms with Crippen molar-refractivity contribution in [2.75, 3.05) is 0 Å². The standard InChI is InChI=1S/C42H30O24/c43-13-1-23(49)38(24(50)2-13)62-15-6-27(53)40(28(54)7-15)66-31-12-22(48)35(58)37(60)42(31)64-17-5-20(46)33(56)29(10-17)65-30-11-21(47)34(57)36(59)41(30)63-16-8-25(51)39(26(52)9-16)61-14-3-18(44)32(55)19(45)4-14/h1-12,43-60H. The molecule has 0 fully saturated rings. The van der Waals surface area contributed by atoms with Gasteiger partial charge < -0.3 is 120 Å². The second-order valence-corrected chi connectivity index (χ2v) is 13.4. The van der Waals surface area contributed by atoms with Gasteiger partial charge in [-0.3, -0.25) is 0 Å². The van der Waals surface area contributed by atoms with E-state index in [4.69, 9.17) is 28.4 Å². The van der Waals surface area contributed by atoms with Crippen LogP contribution in [0.3, 0.4) is 0 Å². The van der Waals surface area contributed by atoms with Crippen molar-refractivity contribution in [3.8, 4) is 172 Å². The summed E-state index contributed by atoms with van der Waals surface area (Å²) in [4.78, 5) is 0. The molecule has 66 heavy (non-hydrogen) atoms. The Kier molecular flexibility index (Phi) is 11.0. The lowest BCUT2D eigenvalue weighted by Gasteiger charge is -2.19. The molecule has 0 amide bonds. The third-order valence-corrected chi connectivity index (χ3v) is 8.81. The van der Waals surface area contributed by atoms with E-state index in [1.165, 1.54) is 0 Å². The highest BCUT2D eigenvalue weighted by atomic mass is 16.6. The van der Waals surface area contributed by atoms with Crippen molar-refractivity contribution in [3.63, 3.8) is 0 Å². The number of phenols is 18. The van der Waals surface area contributed by atoms with Gasteiger partial charge in [0.1, 0.15) is 28.7 Å². The van der Waals surface area contributed by atoms with E-state index in [9.17, 15) is 91.9 Å². The third-order valence-electron chi connectivity index (χ3n) is 8.81. The zero-order valence-corrected chi connectivity index (χ0v) is 32.4. The van der Waals surface area contributed by atoms with E-state index in [-0.39, 0.29) is 5.75 Å². The molecule has 0 bridgehead atoms. The first-order chi connectivity index (χ1) is 31.1. The molecule has 0 aromatic heterocycles. The SMILES string of the molecule is Oc1cc(O)c(Oc2cc(O)c(Oc3cc(O)c(O)c(O)c3Oc3cc(O)c(O)c(Oc4cc(O)c(O)c(O)c4Oc4cc(O)c(Oc5cc(O)c(O)c(O)c5)c(O)c4)c3)c(O)c2)c(O)c1. The van der Waals surface area contributed by atoms with Crippen LogP contribution in [0.4, 0.5) is 0 Å². The average Bonchev–Trinajstić information content (AvgIpc) is 3.23. The molecular formula is C42H30O24. The Morgan fingerprint density at radius 2 is 0.485 bits per heavy atom. The molecule has 7 aromatic rings. The van der Waals surface area contributed by atoms with Crippen molar-refractivity contribution in [1.29, 1.82) is 0 Å². The number of rotatable bonds is 12. The minimum absolute atomic E-state index is 0.372. The van der Waals surface area contributed by atoms with Crippen molar-refractivity contribution in [2.24, 2.45) is 0 Å². The fourth-order valence-corrected chi connectivity index (χ4v) is 5.76. The van der Waals surface area contributed by atoms with Gasteiger partial charge >= 0.3 is 0 Å². The number of benzene rings is 7. The maximum atomic E-state index is 10.8. The maximum Gasteiger partial charge on any atom is 0.215 e. The van der Waals surface area contributed by atoms with Gasteiger partial charge in [0.2, 0.25) is 63.2 Å². The Morgan fingerprint density at radius 3 is 0.894 bits per heavy atom. The summed E-state index contributed by atoms with van der Waals surface area (Å²) in [6.07, 6.45) is 0. The summed E-state index contributed by atoms with van der Waals surface area (Å²) in [5.74, 6) is -25.3. The minimum Gasteiger partial charge on any atom is -0.508 e. The van der Waals surface area contributed by atoms with Gasteiger partial charge in [0.25, 0.3) is 0 Å². The summed E-state index contributed by atoms with van der Waals surface area (Å²) in [7, 11) is 0. The number of hydrogen-bond acceptors (Lipinski definition) is 24. The molecule has 0 saturated heterocycles. The van der Waals surface area contributed by atoms with E-state index < -0.39 is 167 Å². The number of phenolic OH excluding ortho intramolecular Hbond substituents is 18. The summed E-state index contributed by atoms with van der Waals surface area (Å²) >= 11 is 0. The Bertz CT molecular complexity index is 3000. The molecule has 342 valence electrons. The van der Waals surface area contributed by atoms with E-state index >= 15 is 0 Å². The van der Waals surface area contributed by atoms with Gasteiger partial charge in [-0.25, -0.2) is 0 Å². The largest absolute Gasteiger partial charge is 0.508 e. The minimum atomic E-state index is -1.25. The van der Waals surface area contributed by atoms with Crippen LogP contribution in [-0.2, 0) is 0 Å². The van der Waals surface area contributed by atoms with Crippen LogP contribution in [0, 0.1) is 0 Å². The molecule has 0 aliphatic carbocycles. The highest BCUT2D eigenvalue weighted by Gasteiger charge is 2.28. The summed E-state index contributed by atoms with van der Waals surface area (Å²) in [5.41, 5.74) is 0. The average molecular weight is 919 g/mol. The Hall–Kier alpha value is -10.3. The lowest BCUT2D eigenvalue weighted by atomic mass is 10.2. The smallest absolute Gasteiger partial charge is 0.215 e. The maximum absolute atomic E-state index is 10.8. The second kappa shape index (κ2) is 16.5. The number of aromatic hydroxyl groups is 18. The molecule has 24 nitrogen and oxygen atoms in total. The third kappa shape index (κ3) is 8.36. The molecule has 0 radical (unpaired) electrons. The monoisotopic (exact) mass is 918 g/mol. The van der Waals surface area contributed by atoms with Crippen LogP contribution in [0.2, 0.25) is 0 Å². The molecule has 0 saturated carbocycles. The Morgan fingerprint density at radius 1 is 0.197 bits per heavy atom. The molecule has 7 aromatic carbocycles. The van der Waals surface area contributed by atoms with E-state index in [1.807, 2.05) is 0 Å². The molecule has 0 atom stereocenters. The quantitative estimate of drug-likeness (QED) is 0.0541. The van der Waals surface area contributed by atoms with Crippen LogP contribution in [0.15, 0.2) is 72.8 Å². The van der Waals surface area contributed by atoms with Gasteiger partial charge in [-0.05, 0) is 0 Å². The topological polar surface area (TPSA) is 420 Å². The molecule has 18 N–H and O–H groups in total. The van der Waals surface area contributed by atoms with Gasteiger partial charge in [-0.15, -0.1) is 0 Å². The van der Waals surface area contributed by atoms with Crippen LogP contribution < -0.4 is 28.4 Å². The highest BCUT2D eigenvalue weighted by Crippen LogP contribution is 2.57. The normalized spacial score (nSPS) is 10.9. The van der Waals surface area contributed by atoms with Crippen LogP contribution in [0.1, 0.15) is 0 Å². The molecule has 24 heteroatoms. The number of hydrogen-bond donors (Lipinski definition) is 18. The zero-order valence-electron chi connectivity index (χ0n) is 32.4. The summed E-state index contributed by atoms with van der Waals surface area (Å²) in [6.45, 7) is 0. The molecule has 0 aliphatic heterocycles. The fraction of sp³-hybridized carbons (Fsp3) is 0. The first-order valence-corrected chi connectivity index (χ1v) is 17.9. The van der Waals surface area contributed by atoms with Crippen LogP contribution in [0.5, 0.6) is 172 Å². The Labute approximate surface area is 365 Å². The van der Waals surface area contributed by atoms with Gasteiger partial charge in [0.15, 0.2) is 80.5 Å². The van der Waals surface area contributed by atoms with Crippen LogP contribution >= 0.6 is 0 Å². The molecule has 0 aliphatic rings. The molecule has 7 rings (SSSR count). The van der Waals surface area contributed by atoms with Gasteiger partial charge in [-0.2, -0.15) is 0 Å². The fourth-order valence-electron chi connectivity index (χ4n) is 5.76. The predicted molar refractivity (Wildman–Crippen MR) is 216 cm³/mol. The lowest BCUT2D eigenvalue weighted by molar-refractivity contribution is 0.320. The first kappa shape index (κ1) is 43.8. The second-order valence-electron chi connectivity index (χ2n) is 13.4. The molecule has 0 heterocycles. The van der Waals surface area contributed by atoms with Crippen molar-refractivity contribution >= 4 is 0 Å². The molecular weight excluding hydrogens is 888 g/mol. The first-order valence-electron chi connectivity index (χ1n) is 17.9. The number of ether oxygens (including phenoxy) is 6. The zero-order chi connectivity index (χ0) is 48.0. The van der Waals surface area contributed by atoms with Crippen molar-refractivity contribution < 1.29 is 120 Å². The summed E-state index contributed by atoms with van der Waals surface area (Å²) in [6, 6.07) is 9.27. The van der Waals surface area contributed by atoms with Gasteiger partial charge in [-0.1, -0.05) is 0 Å². The van der Waals surface area contributed by atoms with Gasteiger partial charge in [0, 0.05) is 72.8 Å². The van der Waals surface area contributed by atoms with E-state index in [0.29, 0.717) is 18.2 Å². The van der Waals surface area contributed by atoms with Crippen molar-refractivity contribution in [1.82, 2.24) is 0 Å². The van der Waals surface area contributed by atoms with Crippen LogP contribution in [0.25, 0.3) is 0 Å². The van der Waals surface area contributed by atoms with E-state index in [2.05, 4.69) is 0 Å². The van der Waals surface area contributed by atoms with Crippen LogP contribution in [-0.4, -0.2) is 91.9 Å². The summed E-state index contributed by atoms with van der Waals surface area (Å²) < 4.78 is 33.0. The summed E-state index contributed by atoms with van der Waals surface area (Å²) in [5, 5.41) is 186. The van der Waals surface area contributed by atoms with E-state index in [1.54, 1.807) is 0 Å². The molecule has 0 spiro atoms. The lowest BCUT2D eigenvalue weighted by Crippen LogP contribution is -1.95. The highest BCUT2D eigenvalue weighted by molar-refractivity contribution is 5.70. The van der Waals surface area contributed by atoms with Crippen molar-refractivity contribution in [3.05, 3.63) is 72.8 Å².